The fraction of sp³-hybridized carbons (Fsp3) is 0.450. The topological polar surface area (TPSA) is 402 Å². The van der Waals surface area contributed by atoms with Crippen molar-refractivity contribution >= 4 is 106 Å². The van der Waals surface area contributed by atoms with E-state index in [0.29, 0.717) is 81.9 Å². The molecule has 11 aromatic rings. The van der Waals surface area contributed by atoms with Crippen LogP contribution in [-0.4, -0.2) is 201 Å². The van der Waals surface area contributed by atoms with Gasteiger partial charge in [-0.2, -0.15) is 28.1 Å². The first kappa shape index (κ1) is 83.7. The molecule has 9 heterocycles. The lowest BCUT2D eigenvalue weighted by Crippen LogP contribution is -2.56. The number of rotatable bonds is 27. The number of aliphatic hydroxyl groups excluding tert-OH is 4. The molecule has 0 radical (unpaired) electrons. The first-order valence-corrected chi connectivity index (χ1v) is 41.7. The van der Waals surface area contributed by atoms with Crippen LogP contribution >= 0.6 is 34.0 Å². The van der Waals surface area contributed by atoms with Gasteiger partial charge in [0, 0.05) is 42.7 Å². The number of halogens is 9. The largest absolute Gasteiger partial charge is 0.573 e. The third-order valence-corrected chi connectivity index (χ3v) is 26.5. The zero-order valence-electron chi connectivity index (χ0n) is 65.9. The van der Waals surface area contributed by atoms with Crippen LogP contribution in [0.3, 0.4) is 0 Å². The zero-order chi connectivity index (χ0) is 86.2. The van der Waals surface area contributed by atoms with Gasteiger partial charge in [-0.1, -0.05) is 30.3 Å². The van der Waals surface area contributed by atoms with E-state index in [1.807, 2.05) is 13.0 Å². The summed E-state index contributed by atoms with van der Waals surface area (Å²) < 4.78 is 151. The highest BCUT2D eigenvalue weighted by Crippen LogP contribution is 2.68. The smallest absolute Gasteiger partial charge is 0.483 e. The predicted molar refractivity (Wildman–Crippen MR) is 431 cm³/mol. The Morgan fingerprint density at radius 1 is 0.631 bits per heavy atom. The van der Waals surface area contributed by atoms with Crippen LogP contribution in [0.1, 0.15) is 117 Å². The highest BCUT2D eigenvalue weighted by atomic mass is 32.1. The standard InChI is InChI=1S/C80H81F9N18O12S3/c1-33(40-11-15-43(16-12-40)117-79(84,85)86)93-72-96-35(3)54(68-99-57-38(6)90-25-21-52(57)121-68)65(102-72)98-48-29-45(39(7)109)61(110)62(48)116-49-9-8-10-51-59(49)100-69(120-51)56-36(4)95-71(92-32-77(81,82)83)103-67(56)106-76(114)24-20-47-63(107-27-28-115-74(107)112)78(47,76)119-50-30-46(50)58-60-53(22-26-91-58)122-70(101-60)55-37(5)97-73(104-66(55)105-75(113)23-19-42(31-108)64(75)111)94-34(2)41-13-17-44(18-14-41)118-80(87,88)89/h8-18,21-22,25-26,33-34,39,42,45-48,50,61-64,108-111,113-114H,19-20,23-24,27-32H2,1-7H3,(H2,92,95,103,106)(H2,93,96,98,102)(H2,94,97,104,105). The Balaban J connectivity index is 0.681. The van der Waals surface area contributed by atoms with Crippen molar-refractivity contribution in [2.24, 2.45) is 17.8 Å². The molecule has 0 spiro atoms. The summed E-state index contributed by atoms with van der Waals surface area (Å²) in [5, 5.41) is 90.8. The molecule has 5 saturated carbocycles. The predicted octanol–water partition coefficient (Wildman–Crippen LogP) is 13.5. The summed E-state index contributed by atoms with van der Waals surface area (Å²) in [5.74, 6) is -3.37. The van der Waals surface area contributed by atoms with Gasteiger partial charge in [-0.05, 0) is 147 Å². The van der Waals surface area contributed by atoms with Gasteiger partial charge in [0.05, 0.1) is 108 Å². The molecule has 6 aliphatic rings. The van der Waals surface area contributed by atoms with E-state index >= 15 is 0 Å². The van der Waals surface area contributed by atoms with Crippen LogP contribution in [0, 0.1) is 45.4 Å². The molecular formula is C80H81F9N18O12S3. The van der Waals surface area contributed by atoms with E-state index in [2.05, 4.69) is 56.3 Å². The second-order valence-corrected chi connectivity index (χ2v) is 34.7. The van der Waals surface area contributed by atoms with Crippen LogP contribution in [0.25, 0.3) is 62.4 Å². The number of nitrogens with one attached hydrogen (secondary N) is 6. The number of hydrogen-bond acceptors (Lipinski definition) is 32. The van der Waals surface area contributed by atoms with Crippen LogP contribution in [0.4, 0.5) is 79.6 Å². The van der Waals surface area contributed by atoms with Crippen molar-refractivity contribution in [2.45, 2.75) is 184 Å². The zero-order valence-corrected chi connectivity index (χ0v) is 68.3. The molecule has 122 heavy (non-hydrogen) atoms. The quantitative estimate of drug-likeness (QED) is 0.0168. The highest BCUT2D eigenvalue weighted by Gasteiger charge is 2.83. The number of aliphatic hydroxyl groups is 6. The number of carbonyl (C=O) groups excluding carboxylic acids is 1. The van der Waals surface area contributed by atoms with E-state index in [-0.39, 0.29) is 102 Å². The number of thiazole rings is 3. The number of cyclic esters (lactones) is 1. The monoisotopic (exact) mass is 1750 g/mol. The van der Waals surface area contributed by atoms with E-state index in [4.69, 9.17) is 54.1 Å². The minimum absolute atomic E-state index is 0.00767. The number of amides is 1. The van der Waals surface area contributed by atoms with E-state index in [9.17, 15) is 74.9 Å². The van der Waals surface area contributed by atoms with Crippen LogP contribution in [0.2, 0.25) is 0 Å². The summed E-state index contributed by atoms with van der Waals surface area (Å²) in [6.45, 7) is 10.1. The summed E-state index contributed by atoms with van der Waals surface area (Å²) in [7, 11) is 0. The summed E-state index contributed by atoms with van der Waals surface area (Å²) in [5.41, 5.74) is -0.287. The SMILES string of the molecule is Cc1nc(NCC(F)(F)F)nc(NC2(O)CCC3C(N4CCOC4=O)C32OC2CC2c2nccc3sc(-c4c(C)nc(NC(C)c5ccc(OC(F)(F)F)cc5)nc4NC4(O)CCC(CO)C4O)nc23)c1-c1nc2c(OC3C(Nc4nc(NC(C)c5ccc(OC(F)(F)F)cc5)nc(C)c4-c4nc5c(C)nccc5s4)CC(C(C)O)C3O)cccc2s1. The third kappa shape index (κ3) is 16.2. The molecule has 8 aromatic heterocycles. The fourth-order valence-corrected chi connectivity index (χ4v) is 20.6. The van der Waals surface area contributed by atoms with Gasteiger partial charge in [0.15, 0.2) is 11.4 Å². The number of benzene rings is 3. The maximum Gasteiger partial charge on any atom is 0.573 e. The second kappa shape index (κ2) is 31.6. The molecule has 6 fully saturated rings. The van der Waals surface area contributed by atoms with Gasteiger partial charge in [-0.25, -0.2) is 34.7 Å². The Kier molecular flexibility index (Phi) is 21.7. The average molecular weight is 1750 g/mol. The molecule has 17 rings (SSSR count). The van der Waals surface area contributed by atoms with Crippen molar-refractivity contribution in [3.63, 3.8) is 0 Å². The van der Waals surface area contributed by atoms with Crippen molar-refractivity contribution in [1.29, 1.82) is 0 Å². The molecule has 1 aliphatic heterocycles. The number of fused-ring (bicyclic) bond motifs is 4. The number of anilines is 6. The van der Waals surface area contributed by atoms with E-state index < -0.39 is 151 Å². The molecule has 0 bridgehead atoms. The molecule has 12 N–H and O–H groups in total. The Bertz CT molecular complexity index is 5820. The minimum atomic E-state index is -4.90. The summed E-state index contributed by atoms with van der Waals surface area (Å²) in [6.07, 6.45) is -16.7. The van der Waals surface area contributed by atoms with Gasteiger partial charge >= 0.3 is 25.0 Å². The molecule has 30 nitrogen and oxygen atoms in total. The van der Waals surface area contributed by atoms with Gasteiger partial charge < -0.3 is 86.2 Å². The molecular weight excluding hydrogens is 1670 g/mol. The normalized spacial score (nSPS) is 25.9. The number of hydrogen-bond donors (Lipinski definition) is 12. The van der Waals surface area contributed by atoms with Crippen LogP contribution in [0.5, 0.6) is 17.2 Å². The van der Waals surface area contributed by atoms with Crippen molar-refractivity contribution in [2.75, 3.05) is 58.2 Å². The second-order valence-electron chi connectivity index (χ2n) is 31.6. The molecule has 644 valence electrons. The van der Waals surface area contributed by atoms with Gasteiger partial charge in [0.25, 0.3) is 0 Å². The first-order chi connectivity index (χ1) is 57.9. The minimum Gasteiger partial charge on any atom is -0.483 e. The van der Waals surface area contributed by atoms with E-state index in [1.165, 1.54) is 76.1 Å². The molecule has 16 atom stereocenters. The number of nitrogens with zero attached hydrogens (tertiary/aromatic N) is 12. The van der Waals surface area contributed by atoms with Gasteiger partial charge in [0.2, 0.25) is 17.8 Å². The molecule has 3 aromatic carbocycles. The summed E-state index contributed by atoms with van der Waals surface area (Å²) >= 11 is 3.75. The third-order valence-electron chi connectivity index (χ3n) is 23.4. The Hall–Kier alpha value is -10.6. The number of para-hydroxylation sites is 1. The maximum atomic E-state index is 14.2. The summed E-state index contributed by atoms with van der Waals surface area (Å²) in [4.78, 5) is 68.5. The lowest BCUT2D eigenvalue weighted by Gasteiger charge is -2.38. The first-order valence-electron chi connectivity index (χ1n) is 39.2. The van der Waals surface area contributed by atoms with Gasteiger partial charge in [-0.3, -0.25) is 14.9 Å². The van der Waals surface area contributed by atoms with Gasteiger partial charge in [0.1, 0.15) is 97.2 Å². The molecule has 1 saturated heterocycles. The highest BCUT2D eigenvalue weighted by molar-refractivity contribution is 7.22. The van der Waals surface area contributed by atoms with Crippen molar-refractivity contribution in [3.05, 3.63) is 131 Å². The lowest BCUT2D eigenvalue weighted by molar-refractivity contribution is -0.275. The number of ether oxygens (including phenoxy) is 5. The Morgan fingerprint density at radius 3 is 1.75 bits per heavy atom. The van der Waals surface area contributed by atoms with Crippen LogP contribution in [0.15, 0.2) is 91.3 Å². The Morgan fingerprint density at radius 2 is 1.18 bits per heavy atom. The van der Waals surface area contributed by atoms with Crippen LogP contribution < -0.4 is 46.1 Å². The van der Waals surface area contributed by atoms with Crippen molar-refractivity contribution < 1.29 is 98.6 Å². The van der Waals surface area contributed by atoms with Crippen molar-refractivity contribution in [3.8, 4) is 49.0 Å². The summed E-state index contributed by atoms with van der Waals surface area (Å²) in [6, 6.07) is 16.4. The molecule has 16 unspecified atom stereocenters. The van der Waals surface area contributed by atoms with E-state index in [0.717, 1.165) is 16.0 Å². The fourth-order valence-electron chi connectivity index (χ4n) is 17.3. The number of carbonyl (C=O) groups is 1. The lowest BCUT2D eigenvalue weighted by atomic mass is 10.00. The average Bonchev–Trinajstić information content (AvgIpc) is 1.48. The van der Waals surface area contributed by atoms with Crippen molar-refractivity contribution in [1.82, 2.24) is 59.7 Å². The number of aryl methyl sites for hydroxylation is 4. The molecule has 1 amide bonds. The van der Waals surface area contributed by atoms with E-state index in [1.54, 1.807) is 78.2 Å². The number of alkyl halides is 9. The number of aromatic nitrogens is 11. The molecule has 42 heteroatoms. The van der Waals surface area contributed by atoms with Gasteiger partial charge in [-0.15, -0.1) is 60.4 Å². The number of pyridine rings is 2. The van der Waals surface area contributed by atoms with Crippen LogP contribution in [-0.2, 0) is 9.47 Å². The molecule has 5 aliphatic carbocycles. The Labute approximate surface area is 700 Å². The maximum absolute atomic E-state index is 14.2.